The average molecular weight is 208 g/mol. The van der Waals surface area contributed by atoms with E-state index in [0.29, 0.717) is 5.82 Å². The van der Waals surface area contributed by atoms with Crippen LogP contribution in [0.1, 0.15) is 0 Å². The second kappa shape index (κ2) is 2.20. The molecule has 0 amide bonds. The third kappa shape index (κ3) is 1.38. The van der Waals surface area contributed by atoms with Gasteiger partial charge in [0.15, 0.2) is 0 Å². The summed E-state index contributed by atoms with van der Waals surface area (Å²) in [6, 6.07) is 0. The van der Waals surface area contributed by atoms with Gasteiger partial charge in [-0.15, -0.1) is 0 Å². The first-order valence-electron chi connectivity index (χ1n) is 1.85. The van der Waals surface area contributed by atoms with E-state index in [1.807, 2.05) is 12.2 Å². The average Bonchev–Trinajstić information content (AvgIpc) is 1.69. The molecule has 38 valence electrons. The van der Waals surface area contributed by atoms with Crippen LogP contribution >= 0.6 is 21.0 Å². The van der Waals surface area contributed by atoms with Crippen molar-refractivity contribution in [1.82, 2.24) is 0 Å². The van der Waals surface area contributed by atoms with E-state index in [0.717, 1.165) is 0 Å². The normalized spacial score (nSPS) is 18.0. The van der Waals surface area contributed by atoms with Gasteiger partial charge in [0, 0.05) is 21.0 Å². The number of nitrogens with zero attached hydrogens (tertiary/aromatic N) is 1. The van der Waals surface area contributed by atoms with Gasteiger partial charge >= 0.3 is 0 Å². The summed E-state index contributed by atoms with van der Waals surface area (Å²) in [5.41, 5.74) is 5.31. The molecule has 0 bridgehead atoms. The van der Waals surface area contributed by atoms with Gasteiger partial charge in [0.1, 0.15) is 5.82 Å². The van der Waals surface area contributed by atoms with Crippen LogP contribution in [0.3, 0.4) is 0 Å². The molecule has 0 saturated carbocycles. The summed E-state index contributed by atoms with van der Waals surface area (Å²) in [5, 5.41) is 0. The first-order valence-corrected chi connectivity index (χ1v) is 4.07. The summed E-state index contributed by atoms with van der Waals surface area (Å²) in [5.74, 6) is 0.676. The van der Waals surface area contributed by atoms with Crippen LogP contribution in [0.2, 0.25) is 0 Å². The van der Waals surface area contributed by atoms with E-state index < -0.39 is 0 Å². The van der Waals surface area contributed by atoms with Gasteiger partial charge in [-0.25, -0.2) is 3.15 Å². The maximum atomic E-state index is 5.31. The smallest absolute Gasteiger partial charge is 0.129 e. The van der Waals surface area contributed by atoms with Crippen LogP contribution in [0.4, 0.5) is 0 Å². The van der Waals surface area contributed by atoms with Crippen LogP contribution in [-0.2, 0) is 0 Å². The predicted molar refractivity (Wildman–Crippen MR) is 37.9 cm³/mol. The predicted octanol–water partition coefficient (Wildman–Crippen LogP) is 1.47. The lowest BCUT2D eigenvalue weighted by Crippen LogP contribution is -1.89. The Hall–Kier alpha value is -0.190. The van der Waals surface area contributed by atoms with Gasteiger partial charge in [0.25, 0.3) is 0 Å². The maximum absolute atomic E-state index is 5.31. The van der Waals surface area contributed by atoms with Crippen LogP contribution in [0, 0.1) is 0 Å². The molecule has 0 aromatic heterocycles. The SMILES string of the molecule is NC1=CC=CI=N1. The zero-order chi connectivity index (χ0) is 5.11. The monoisotopic (exact) mass is 208 g/mol. The molecule has 3 heteroatoms. The fraction of sp³-hybridized carbons (Fsp3) is 0. The topological polar surface area (TPSA) is 38.4 Å². The summed E-state index contributed by atoms with van der Waals surface area (Å²) in [7, 11) is 0. The molecule has 0 aromatic carbocycles. The van der Waals surface area contributed by atoms with Gasteiger partial charge in [-0.2, -0.15) is 0 Å². The highest BCUT2D eigenvalue weighted by Crippen LogP contribution is 2.10. The number of nitrogens with two attached hydrogens (primary N) is 1. The number of hydrogen-bond donors (Lipinski definition) is 1. The lowest BCUT2D eigenvalue weighted by atomic mass is 10.5. The number of hydrogen-bond acceptors (Lipinski definition) is 2. The Morgan fingerprint density at radius 2 is 2.57 bits per heavy atom. The molecule has 1 rings (SSSR count). The zero-order valence-electron chi connectivity index (χ0n) is 3.63. The van der Waals surface area contributed by atoms with Crippen molar-refractivity contribution in [3.05, 3.63) is 22.1 Å². The van der Waals surface area contributed by atoms with Gasteiger partial charge in [-0.05, 0) is 10.2 Å². The van der Waals surface area contributed by atoms with Crippen LogP contribution in [0.25, 0.3) is 0 Å². The number of allylic oxidation sites excluding steroid dienone is 2. The Labute approximate surface area is 52.3 Å². The van der Waals surface area contributed by atoms with E-state index in [1.54, 1.807) is 0 Å². The van der Waals surface area contributed by atoms with Crippen molar-refractivity contribution in [3.63, 3.8) is 0 Å². The van der Waals surface area contributed by atoms with Crippen molar-refractivity contribution in [2.45, 2.75) is 0 Å². The lowest BCUT2D eigenvalue weighted by Gasteiger charge is -1.88. The largest absolute Gasteiger partial charge is 0.383 e. The Morgan fingerprint density at radius 3 is 2.86 bits per heavy atom. The molecule has 0 aromatic rings. The van der Waals surface area contributed by atoms with Crippen LogP contribution in [0.5, 0.6) is 0 Å². The maximum Gasteiger partial charge on any atom is 0.129 e. The molecule has 2 nitrogen and oxygen atoms in total. The Balaban J connectivity index is 2.82. The van der Waals surface area contributed by atoms with E-state index in [1.165, 1.54) is 0 Å². The quantitative estimate of drug-likeness (QED) is 0.601. The second-order valence-electron chi connectivity index (χ2n) is 1.09. The summed E-state index contributed by atoms with van der Waals surface area (Å²) in [6.07, 6.45) is 3.76. The standard InChI is InChI=1S/C4H5IN2/c6-4-2-1-3-5-7-4/h1-3H,(H2,6,7). The molecule has 1 aliphatic rings. The van der Waals surface area contributed by atoms with Crippen molar-refractivity contribution < 1.29 is 0 Å². The van der Waals surface area contributed by atoms with Crippen LogP contribution in [-0.4, -0.2) is 0 Å². The fourth-order valence-corrected chi connectivity index (χ4v) is 1.32. The molecule has 1 heterocycles. The van der Waals surface area contributed by atoms with Crippen LogP contribution in [0.15, 0.2) is 25.2 Å². The molecule has 7 heavy (non-hydrogen) atoms. The minimum Gasteiger partial charge on any atom is -0.383 e. The first kappa shape index (κ1) is 4.96. The number of rotatable bonds is 0. The van der Waals surface area contributed by atoms with E-state index in [-0.39, 0.29) is 21.0 Å². The summed E-state index contributed by atoms with van der Waals surface area (Å²) in [4.78, 5) is 0. The van der Waals surface area contributed by atoms with Gasteiger partial charge in [-0.1, -0.05) is 6.08 Å². The second-order valence-corrected chi connectivity index (χ2v) is 2.85. The fourth-order valence-electron chi connectivity index (χ4n) is 0.280. The van der Waals surface area contributed by atoms with Gasteiger partial charge in [0.05, 0.1) is 0 Å². The molecule has 2 N–H and O–H groups in total. The van der Waals surface area contributed by atoms with E-state index in [4.69, 9.17) is 5.73 Å². The van der Waals surface area contributed by atoms with Crippen molar-refractivity contribution in [2.24, 2.45) is 8.88 Å². The molecule has 0 unspecified atom stereocenters. The highest BCUT2D eigenvalue weighted by molar-refractivity contribution is 14.2. The third-order valence-corrected chi connectivity index (χ3v) is 2.11. The first-order chi connectivity index (χ1) is 3.39. The minimum absolute atomic E-state index is 0.0744. The van der Waals surface area contributed by atoms with Crippen molar-refractivity contribution in [1.29, 1.82) is 0 Å². The Kier molecular flexibility index (Phi) is 1.56. The Morgan fingerprint density at radius 1 is 1.71 bits per heavy atom. The Bertz CT molecular complexity index is 146. The molecule has 0 saturated heterocycles. The van der Waals surface area contributed by atoms with Gasteiger partial charge in [-0.3, -0.25) is 0 Å². The summed E-state index contributed by atoms with van der Waals surface area (Å²) < 4.78 is 6.06. The third-order valence-electron chi connectivity index (χ3n) is 0.542. The van der Waals surface area contributed by atoms with Crippen molar-refractivity contribution in [2.75, 3.05) is 0 Å². The minimum atomic E-state index is -0.0744. The molecule has 0 aliphatic carbocycles. The van der Waals surface area contributed by atoms with E-state index in [2.05, 4.69) is 7.23 Å². The molecule has 1 aliphatic heterocycles. The van der Waals surface area contributed by atoms with E-state index in [9.17, 15) is 0 Å². The van der Waals surface area contributed by atoms with Crippen molar-refractivity contribution in [3.8, 4) is 0 Å². The zero-order valence-corrected chi connectivity index (χ0v) is 5.79. The van der Waals surface area contributed by atoms with E-state index >= 15 is 0 Å². The molecular formula is C4H5IN2. The highest BCUT2D eigenvalue weighted by Gasteiger charge is 1.81. The molecule has 0 radical (unpaired) electrons. The molecular weight excluding hydrogens is 203 g/mol. The number of halogens is 1. The summed E-state index contributed by atoms with van der Waals surface area (Å²) >= 11 is -0.0744. The molecule has 0 spiro atoms. The highest BCUT2D eigenvalue weighted by atomic mass is 127. The molecule has 0 fully saturated rings. The summed E-state index contributed by atoms with van der Waals surface area (Å²) in [6.45, 7) is 0. The van der Waals surface area contributed by atoms with Gasteiger partial charge < -0.3 is 5.73 Å². The van der Waals surface area contributed by atoms with Crippen LogP contribution < -0.4 is 5.73 Å². The van der Waals surface area contributed by atoms with Gasteiger partial charge in [0.2, 0.25) is 0 Å². The lowest BCUT2D eigenvalue weighted by molar-refractivity contribution is 1.29. The molecule has 0 atom stereocenters. The van der Waals surface area contributed by atoms with Crippen molar-refractivity contribution >= 4 is 21.0 Å².